The molecule has 0 amide bonds. The first-order chi connectivity index (χ1) is 30.0. The Bertz CT molecular complexity index is 3150. The molecule has 3 heterocycles. The van der Waals surface area contributed by atoms with E-state index in [1.807, 2.05) is 6.20 Å². The van der Waals surface area contributed by atoms with E-state index in [1.165, 1.54) is 50.3 Å². The first kappa shape index (κ1) is 39.2. The third kappa shape index (κ3) is 6.72. The van der Waals surface area contributed by atoms with Crippen molar-refractivity contribution in [1.82, 2.24) is 9.55 Å². The predicted molar refractivity (Wildman–Crippen MR) is 253 cm³/mol. The molecular weight excluding hydrogens is 936 g/mol. The summed E-state index contributed by atoms with van der Waals surface area (Å²) in [7, 11) is 0. The van der Waals surface area contributed by atoms with Crippen molar-refractivity contribution in [2.24, 2.45) is 0 Å². The van der Waals surface area contributed by atoms with E-state index in [2.05, 4.69) is 241 Å². The summed E-state index contributed by atoms with van der Waals surface area (Å²) < 4.78 is 2.29. The molecule has 0 aliphatic carbocycles. The zero-order valence-corrected chi connectivity index (χ0v) is 36.7. The van der Waals surface area contributed by atoms with E-state index in [9.17, 15) is 0 Å². The monoisotopic (exact) mass is 977 g/mol. The van der Waals surface area contributed by atoms with Gasteiger partial charge in [-0.15, -0.1) is 11.5 Å². The topological polar surface area (TPSA) is 24.3 Å². The first-order valence-corrected chi connectivity index (χ1v) is 20.9. The molecule has 0 spiro atoms. The van der Waals surface area contributed by atoms with Crippen LogP contribution in [0.5, 0.6) is 0 Å². The molecule has 1 aliphatic heterocycles. The Morgan fingerprint density at radius 1 is 0.500 bits per heavy atom. The maximum atomic E-state index is 5.09. The van der Waals surface area contributed by atoms with Gasteiger partial charge in [-0.2, -0.15) is 47.5 Å². The Hall–Kier alpha value is -7.00. The molecule has 0 atom stereocenters. The summed E-state index contributed by atoms with van der Waals surface area (Å²) in [6.45, 7) is 5.27. The number of aromatic nitrogens is 2. The van der Waals surface area contributed by atoms with E-state index in [1.54, 1.807) is 0 Å². The molecule has 0 N–H and O–H groups in total. The van der Waals surface area contributed by atoms with Crippen LogP contribution in [0.25, 0.3) is 61.0 Å². The van der Waals surface area contributed by atoms with Gasteiger partial charge in [-0.25, -0.2) is 4.98 Å². The van der Waals surface area contributed by atoms with Crippen molar-refractivity contribution in [2.45, 2.75) is 19.3 Å². The minimum Gasteiger partial charge on any atom is -0.345 e. The Labute approximate surface area is 377 Å². The second kappa shape index (κ2) is 16.1. The van der Waals surface area contributed by atoms with Crippen LogP contribution in [-0.2, 0) is 26.5 Å². The van der Waals surface area contributed by atoms with Crippen LogP contribution in [-0.4, -0.2) is 16.2 Å². The average Bonchev–Trinajstić information content (AvgIpc) is 3.88. The van der Waals surface area contributed by atoms with Gasteiger partial charge in [-0.05, 0) is 86.6 Å². The van der Waals surface area contributed by atoms with Gasteiger partial charge in [0.15, 0.2) is 0 Å². The molecule has 0 saturated carbocycles. The molecule has 8 aromatic carbocycles. The fourth-order valence-corrected chi connectivity index (χ4v) is 9.14. The van der Waals surface area contributed by atoms with Crippen LogP contribution in [0.1, 0.15) is 25.0 Å². The molecule has 0 saturated heterocycles. The minimum absolute atomic E-state index is 0. The number of benzene rings is 8. The normalized spacial score (nSPS) is 12.4. The van der Waals surface area contributed by atoms with E-state index in [0.29, 0.717) is 6.67 Å². The third-order valence-electron chi connectivity index (χ3n) is 12.3. The van der Waals surface area contributed by atoms with Crippen molar-refractivity contribution in [1.29, 1.82) is 0 Å². The molecule has 5 heteroatoms. The van der Waals surface area contributed by atoms with E-state index in [-0.39, 0.29) is 21.1 Å². The fourth-order valence-electron chi connectivity index (χ4n) is 9.14. The molecule has 0 radical (unpaired) electrons. The summed E-state index contributed by atoms with van der Waals surface area (Å²) in [5.41, 5.74) is 15.4. The van der Waals surface area contributed by atoms with Crippen LogP contribution in [0, 0.1) is 12.1 Å². The standard InChI is InChI=1S/C57H42N4.Pt/c1-57(2,43-22-16-25-46(37-43)60-39-59(45-23-10-5-11-24-45)52-30-14-15-31-53(52)60)44-32-33-50-49-26-12-13-29-51(49)61(54(50)38-44)55-36-42(34-35-58-55)56-47(40-18-6-3-7-19-40)27-17-28-48(56)41-20-8-4-9-21-41;/h3-36H,39H2,1-2H3;/q-2;+2. The minimum atomic E-state index is -0.418. The SMILES string of the molecule is CC(C)(c1[c-]c(N2CN(c3ccccc3)c3ccccc32)ccc1)c1[c-]c2c(cc1)c1ccccc1n2-c1cc(-c2c(-c3ccccc3)cccc2-c2ccccc2)ccn1.[Pt+2]. The maximum Gasteiger partial charge on any atom is 2.00 e. The number of hydrogen-bond donors (Lipinski definition) is 0. The number of fused-ring (bicyclic) bond motifs is 4. The molecule has 62 heavy (non-hydrogen) atoms. The van der Waals surface area contributed by atoms with Gasteiger partial charge in [-0.3, -0.25) is 0 Å². The van der Waals surface area contributed by atoms with Crippen molar-refractivity contribution >= 4 is 44.6 Å². The molecule has 2 aromatic heterocycles. The molecule has 10 aromatic rings. The van der Waals surface area contributed by atoms with Gasteiger partial charge in [0.05, 0.1) is 18.0 Å². The summed E-state index contributed by atoms with van der Waals surface area (Å²) in [6.07, 6.45) is 1.95. The van der Waals surface area contributed by atoms with Crippen LogP contribution in [0.4, 0.5) is 22.7 Å². The maximum absolute atomic E-state index is 5.09. The summed E-state index contributed by atoms with van der Waals surface area (Å²) >= 11 is 0. The molecule has 4 nitrogen and oxygen atoms in total. The van der Waals surface area contributed by atoms with Crippen LogP contribution in [0.2, 0.25) is 0 Å². The Kier molecular flexibility index (Phi) is 10.2. The zero-order valence-electron chi connectivity index (χ0n) is 34.4. The zero-order chi connectivity index (χ0) is 40.9. The molecule has 1 aliphatic rings. The molecule has 0 unspecified atom stereocenters. The van der Waals surface area contributed by atoms with Gasteiger partial charge in [0.2, 0.25) is 0 Å². The Morgan fingerprint density at radius 3 is 1.81 bits per heavy atom. The molecular formula is C57H42N4Pt. The van der Waals surface area contributed by atoms with Crippen LogP contribution in [0.3, 0.4) is 0 Å². The smallest absolute Gasteiger partial charge is 0.345 e. The summed E-state index contributed by atoms with van der Waals surface area (Å²) in [5, 5.41) is 2.31. The van der Waals surface area contributed by atoms with Gasteiger partial charge >= 0.3 is 21.1 Å². The third-order valence-corrected chi connectivity index (χ3v) is 12.3. The number of rotatable bonds is 8. The van der Waals surface area contributed by atoms with Crippen molar-refractivity contribution in [3.8, 4) is 39.2 Å². The van der Waals surface area contributed by atoms with E-state index < -0.39 is 5.41 Å². The number of nitrogens with zero attached hydrogens (tertiary/aromatic N) is 4. The number of para-hydroxylation sites is 4. The van der Waals surface area contributed by atoms with Gasteiger partial charge in [0, 0.05) is 17.4 Å². The number of pyridine rings is 1. The van der Waals surface area contributed by atoms with E-state index >= 15 is 0 Å². The van der Waals surface area contributed by atoms with E-state index in [0.717, 1.165) is 44.6 Å². The van der Waals surface area contributed by atoms with Crippen LogP contribution >= 0.6 is 0 Å². The Balaban J connectivity index is 0.00000458. The molecule has 300 valence electrons. The van der Waals surface area contributed by atoms with Crippen LogP contribution in [0.15, 0.2) is 206 Å². The van der Waals surface area contributed by atoms with Crippen molar-refractivity contribution in [3.05, 3.63) is 230 Å². The average molecular weight is 978 g/mol. The summed E-state index contributed by atoms with van der Waals surface area (Å²) in [5.74, 6) is 0.848. The van der Waals surface area contributed by atoms with E-state index in [4.69, 9.17) is 4.98 Å². The Morgan fingerprint density at radius 2 is 1.10 bits per heavy atom. The summed E-state index contributed by atoms with van der Waals surface area (Å²) in [6, 6.07) is 79.1. The second-order valence-corrected chi connectivity index (χ2v) is 16.2. The van der Waals surface area contributed by atoms with Crippen molar-refractivity contribution < 1.29 is 21.1 Å². The first-order valence-electron chi connectivity index (χ1n) is 20.9. The molecule has 11 rings (SSSR count). The predicted octanol–water partition coefficient (Wildman–Crippen LogP) is 14.4. The molecule has 0 bridgehead atoms. The van der Waals surface area contributed by atoms with Gasteiger partial charge < -0.3 is 14.4 Å². The van der Waals surface area contributed by atoms with Crippen molar-refractivity contribution in [2.75, 3.05) is 16.5 Å². The second-order valence-electron chi connectivity index (χ2n) is 16.2. The number of hydrogen-bond acceptors (Lipinski definition) is 3. The van der Waals surface area contributed by atoms with Gasteiger partial charge in [-0.1, -0.05) is 152 Å². The van der Waals surface area contributed by atoms with Gasteiger partial charge in [0.25, 0.3) is 0 Å². The molecule has 0 fully saturated rings. The van der Waals surface area contributed by atoms with Crippen molar-refractivity contribution in [3.63, 3.8) is 0 Å². The van der Waals surface area contributed by atoms with Crippen LogP contribution < -0.4 is 9.80 Å². The number of anilines is 4. The summed E-state index contributed by atoms with van der Waals surface area (Å²) in [4.78, 5) is 9.83. The largest absolute Gasteiger partial charge is 2.00 e. The fraction of sp³-hybridized carbons (Fsp3) is 0.0702. The van der Waals surface area contributed by atoms with Gasteiger partial charge in [0.1, 0.15) is 5.82 Å². The quantitative estimate of drug-likeness (QED) is 0.142.